The molecule has 0 saturated carbocycles. The second kappa shape index (κ2) is 4.50. The zero-order chi connectivity index (χ0) is 24.7. The van der Waals surface area contributed by atoms with Gasteiger partial charge in [-0.25, -0.2) is 0 Å². The highest BCUT2D eigenvalue weighted by molar-refractivity contribution is 6.12. The van der Waals surface area contributed by atoms with Crippen molar-refractivity contribution in [3.63, 3.8) is 0 Å². The Balaban J connectivity index is 2.50. The summed E-state index contributed by atoms with van der Waals surface area (Å²) in [4.78, 5) is 0. The fourth-order valence-electron chi connectivity index (χ4n) is 2.15. The monoisotopic (exact) mass is 267 g/mol. The Morgan fingerprint density at radius 1 is 0.550 bits per heavy atom. The van der Waals surface area contributed by atoms with Crippen LogP contribution >= 0.6 is 0 Å². The fraction of sp³-hybridized carbons (Fsp3) is 0. The fourth-order valence-corrected chi connectivity index (χ4v) is 2.15. The topological polar surface area (TPSA) is 0 Å². The summed E-state index contributed by atoms with van der Waals surface area (Å²) in [5, 5.41) is -0.588. The van der Waals surface area contributed by atoms with E-state index in [9.17, 15) is 0 Å². The van der Waals surface area contributed by atoms with Gasteiger partial charge in [-0.15, -0.1) is 0 Å². The van der Waals surface area contributed by atoms with E-state index in [-0.39, 0.29) is 27.1 Å². The molecular formula is C20H14. The van der Waals surface area contributed by atoms with E-state index in [1.54, 1.807) is 0 Å². The molecule has 0 amide bonds. The minimum absolute atomic E-state index is 0.0969. The molecule has 4 aromatic carbocycles. The van der Waals surface area contributed by atoms with Gasteiger partial charge in [0.1, 0.15) is 0 Å². The van der Waals surface area contributed by atoms with Gasteiger partial charge in [0.05, 0.1) is 17.8 Å². The summed E-state index contributed by atoms with van der Waals surface area (Å²) in [6.45, 7) is 0. The molecule has 4 rings (SSSR count). The standard InChI is InChI=1S/C20H14/c1-2-8-15(9-3-1)20-18-12-6-4-10-16(18)14-17-11-5-7-13-19(17)20/h1-14H/i1D,2D,3D,4D,5D,6D,7D,8D,9D,10D,11D,12D,13D. The molecule has 94 valence electrons. The quantitative estimate of drug-likeness (QED) is 0.390. The number of hydrogen-bond donors (Lipinski definition) is 0. The summed E-state index contributed by atoms with van der Waals surface area (Å²) in [5.74, 6) is 0. The van der Waals surface area contributed by atoms with Crippen LogP contribution in [0.15, 0.2) is 84.6 Å². The molecule has 0 fully saturated rings. The Morgan fingerprint density at radius 2 is 1.05 bits per heavy atom. The first-order chi connectivity index (χ1) is 15.3. The molecule has 0 bridgehead atoms. The zero-order valence-electron chi connectivity index (χ0n) is 23.1. The van der Waals surface area contributed by atoms with Crippen molar-refractivity contribution < 1.29 is 17.8 Å². The molecule has 4 aromatic rings. The lowest BCUT2D eigenvalue weighted by Crippen LogP contribution is -1.84. The lowest BCUT2D eigenvalue weighted by atomic mass is 9.92. The first-order valence-electron chi connectivity index (χ1n) is 12.3. The number of benzene rings is 4. The molecule has 0 heteroatoms. The molecule has 0 aliphatic rings. The average Bonchev–Trinajstić information content (AvgIpc) is 2.80. The predicted molar refractivity (Wildman–Crippen MR) is 86.9 cm³/mol. The van der Waals surface area contributed by atoms with E-state index in [1.807, 2.05) is 0 Å². The summed E-state index contributed by atoms with van der Waals surface area (Å²) in [5.41, 5.74) is -0.676. The van der Waals surface area contributed by atoms with Gasteiger partial charge in [0.25, 0.3) is 0 Å². The smallest absolute Gasteiger partial charge is 0.0622 e. The highest BCUT2D eigenvalue weighted by Gasteiger charge is 2.08. The third-order valence-corrected chi connectivity index (χ3v) is 2.97. The lowest BCUT2D eigenvalue weighted by Gasteiger charge is -2.11. The normalized spacial score (nSPS) is 20.1. The largest absolute Gasteiger partial charge is 0.0629 e. The van der Waals surface area contributed by atoms with E-state index in [2.05, 4.69) is 0 Å². The summed E-state index contributed by atoms with van der Waals surface area (Å²) in [7, 11) is 0. The Labute approximate surface area is 136 Å². The Hall–Kier alpha value is -2.60. The molecular weight excluding hydrogens is 240 g/mol. The molecule has 0 unspecified atom stereocenters. The second-order valence-electron chi connectivity index (χ2n) is 4.10. The highest BCUT2D eigenvalue weighted by Crippen LogP contribution is 2.35. The van der Waals surface area contributed by atoms with E-state index in [4.69, 9.17) is 17.8 Å². The first-order valence-corrected chi connectivity index (χ1v) is 5.83. The maximum Gasteiger partial charge on any atom is 0.0629 e. The molecule has 0 N–H and O–H groups in total. The van der Waals surface area contributed by atoms with Crippen LogP contribution in [0.4, 0.5) is 0 Å². The Morgan fingerprint density at radius 3 is 1.65 bits per heavy atom. The van der Waals surface area contributed by atoms with Crippen molar-refractivity contribution in [2.24, 2.45) is 0 Å². The van der Waals surface area contributed by atoms with Gasteiger partial charge in [0.2, 0.25) is 0 Å². The average molecular weight is 267 g/mol. The molecule has 0 aliphatic heterocycles. The number of fused-ring (bicyclic) bond motifs is 2. The van der Waals surface area contributed by atoms with Crippen molar-refractivity contribution in [1.82, 2.24) is 0 Å². The molecule has 0 atom stereocenters. The Kier molecular flexibility index (Phi) is 0.944. The van der Waals surface area contributed by atoms with E-state index < -0.39 is 84.1 Å². The van der Waals surface area contributed by atoms with Crippen LogP contribution in [0, 0.1) is 0 Å². The lowest BCUT2D eigenvalue weighted by molar-refractivity contribution is 1.67. The Bertz CT molecular complexity index is 1430. The van der Waals surface area contributed by atoms with Crippen LogP contribution in [0.1, 0.15) is 17.8 Å². The van der Waals surface area contributed by atoms with Crippen molar-refractivity contribution >= 4 is 21.5 Å². The van der Waals surface area contributed by atoms with Crippen molar-refractivity contribution in [1.29, 1.82) is 0 Å². The molecule has 20 heavy (non-hydrogen) atoms. The minimum atomic E-state index is -0.683. The van der Waals surface area contributed by atoms with Crippen LogP contribution in [-0.2, 0) is 0 Å². The molecule has 0 heterocycles. The molecule has 0 aromatic heterocycles. The molecule has 0 spiro atoms. The van der Waals surface area contributed by atoms with Gasteiger partial charge in [-0.2, -0.15) is 0 Å². The summed E-state index contributed by atoms with van der Waals surface area (Å²) < 4.78 is 107. The van der Waals surface area contributed by atoms with Gasteiger partial charge < -0.3 is 0 Å². The zero-order valence-corrected chi connectivity index (χ0v) is 10.1. The third kappa shape index (κ3) is 1.70. The van der Waals surface area contributed by atoms with Gasteiger partial charge in [-0.1, -0.05) is 78.6 Å². The second-order valence-corrected chi connectivity index (χ2v) is 4.10. The van der Waals surface area contributed by atoms with Crippen LogP contribution in [-0.4, -0.2) is 0 Å². The maximum atomic E-state index is 8.47. The van der Waals surface area contributed by atoms with Crippen LogP contribution in [0.5, 0.6) is 0 Å². The van der Waals surface area contributed by atoms with Gasteiger partial charge in [-0.3, -0.25) is 0 Å². The predicted octanol–water partition coefficient (Wildman–Crippen LogP) is 5.66. The van der Waals surface area contributed by atoms with Gasteiger partial charge in [-0.05, 0) is 38.7 Å². The summed E-state index contributed by atoms with van der Waals surface area (Å²) in [6, 6.07) is -6.57. The molecule has 0 saturated heterocycles. The SMILES string of the molecule is [2H]c1c([2H])c([2H])c(-c2c3c([2H])c([2H])c([2H])c([2H])c3cc3c([2H])c([2H])c([2H])c([2H])c23)c([2H])c1[2H]. The third-order valence-electron chi connectivity index (χ3n) is 2.97. The van der Waals surface area contributed by atoms with E-state index in [0.717, 1.165) is 0 Å². The molecule has 0 aliphatic carbocycles. The minimum Gasteiger partial charge on any atom is -0.0622 e. The van der Waals surface area contributed by atoms with E-state index in [0.29, 0.717) is 0 Å². The van der Waals surface area contributed by atoms with Crippen LogP contribution in [0.25, 0.3) is 32.7 Å². The number of hydrogen-bond acceptors (Lipinski definition) is 0. The van der Waals surface area contributed by atoms with Crippen molar-refractivity contribution in [3.05, 3.63) is 84.6 Å². The van der Waals surface area contributed by atoms with Crippen LogP contribution in [0.2, 0.25) is 0 Å². The van der Waals surface area contributed by atoms with E-state index in [1.165, 1.54) is 6.07 Å². The van der Waals surface area contributed by atoms with Crippen LogP contribution in [0.3, 0.4) is 0 Å². The summed E-state index contributed by atoms with van der Waals surface area (Å²) >= 11 is 0. The van der Waals surface area contributed by atoms with Gasteiger partial charge in [0, 0.05) is 0 Å². The molecule has 0 nitrogen and oxygen atoms in total. The van der Waals surface area contributed by atoms with Gasteiger partial charge >= 0.3 is 0 Å². The first kappa shape index (κ1) is 4.20. The van der Waals surface area contributed by atoms with Crippen molar-refractivity contribution in [2.75, 3.05) is 0 Å². The van der Waals surface area contributed by atoms with Crippen molar-refractivity contribution in [3.8, 4) is 11.1 Å². The summed E-state index contributed by atoms with van der Waals surface area (Å²) in [6.07, 6.45) is 0. The van der Waals surface area contributed by atoms with Gasteiger partial charge in [0.15, 0.2) is 0 Å². The molecule has 0 radical (unpaired) electrons. The van der Waals surface area contributed by atoms with E-state index >= 15 is 0 Å². The van der Waals surface area contributed by atoms with Crippen molar-refractivity contribution in [2.45, 2.75) is 0 Å². The highest BCUT2D eigenvalue weighted by atomic mass is 14.1. The maximum absolute atomic E-state index is 8.47. The van der Waals surface area contributed by atoms with Crippen LogP contribution < -0.4 is 0 Å². The number of rotatable bonds is 1.